The minimum atomic E-state index is -1.37. The molecule has 0 bridgehead atoms. The van der Waals surface area contributed by atoms with E-state index in [0.717, 1.165) is 0 Å². The van der Waals surface area contributed by atoms with E-state index in [2.05, 4.69) is 10.3 Å². The number of carbonyl (C=O) groups excluding carboxylic acids is 1. The van der Waals surface area contributed by atoms with Gasteiger partial charge in [0.2, 0.25) is 5.91 Å². The lowest BCUT2D eigenvalue weighted by atomic mass is 9.99. The molecule has 19 heavy (non-hydrogen) atoms. The highest BCUT2D eigenvalue weighted by atomic mass is 16.4. The van der Waals surface area contributed by atoms with Crippen molar-refractivity contribution in [3.05, 3.63) is 29.6 Å². The maximum atomic E-state index is 11.0. The molecule has 1 heterocycles. The molecule has 1 aromatic rings. The first kappa shape index (κ1) is 15.1. The molecule has 4 N–H and O–H groups in total. The van der Waals surface area contributed by atoms with E-state index in [1.807, 2.05) is 0 Å². The van der Waals surface area contributed by atoms with Crippen LogP contribution in [0.5, 0.6) is 0 Å². The van der Waals surface area contributed by atoms with Crippen molar-refractivity contribution < 1.29 is 24.9 Å². The largest absolute Gasteiger partial charge is 0.478 e. The number of nitrogens with zero attached hydrogens (tertiary/aromatic N) is 1. The molecule has 0 saturated carbocycles. The van der Waals surface area contributed by atoms with Gasteiger partial charge < -0.3 is 20.6 Å². The van der Waals surface area contributed by atoms with Crippen molar-refractivity contribution in [1.29, 1.82) is 0 Å². The molecule has 0 radical (unpaired) electrons. The summed E-state index contributed by atoms with van der Waals surface area (Å²) in [4.78, 5) is 25.4. The Kier molecular flexibility index (Phi) is 5.40. The number of hydrogen-bond acceptors (Lipinski definition) is 5. The number of aromatic nitrogens is 1. The van der Waals surface area contributed by atoms with E-state index in [4.69, 9.17) is 5.11 Å². The predicted molar refractivity (Wildman–Crippen MR) is 65.5 cm³/mol. The summed E-state index contributed by atoms with van der Waals surface area (Å²) in [7, 11) is 0. The minimum absolute atomic E-state index is 0.0466. The first-order valence-electron chi connectivity index (χ1n) is 5.71. The lowest BCUT2D eigenvalue weighted by Gasteiger charge is -2.19. The van der Waals surface area contributed by atoms with Crippen LogP contribution in [0.25, 0.3) is 0 Å². The van der Waals surface area contributed by atoms with Gasteiger partial charge in [-0.1, -0.05) is 0 Å². The Morgan fingerprint density at radius 3 is 2.68 bits per heavy atom. The Hall–Kier alpha value is -1.99. The number of rotatable bonds is 6. The van der Waals surface area contributed by atoms with E-state index >= 15 is 0 Å². The summed E-state index contributed by atoms with van der Waals surface area (Å²) in [6.07, 6.45) is 0.0519. The van der Waals surface area contributed by atoms with E-state index in [-0.39, 0.29) is 30.0 Å². The SMILES string of the molecule is CC(=O)NCCC(O)C(O)c1cnccc1C(=O)O. The molecular formula is C12H16N2O5. The van der Waals surface area contributed by atoms with Crippen LogP contribution < -0.4 is 5.32 Å². The molecule has 0 saturated heterocycles. The van der Waals surface area contributed by atoms with Gasteiger partial charge in [0.1, 0.15) is 6.10 Å². The molecule has 0 aliphatic rings. The van der Waals surface area contributed by atoms with Gasteiger partial charge in [0.05, 0.1) is 11.7 Å². The van der Waals surface area contributed by atoms with Crippen molar-refractivity contribution in [2.75, 3.05) is 6.54 Å². The number of aliphatic hydroxyl groups excluding tert-OH is 2. The van der Waals surface area contributed by atoms with Crippen LogP contribution in [0, 0.1) is 0 Å². The summed E-state index contributed by atoms with van der Waals surface area (Å²) in [6.45, 7) is 1.53. The van der Waals surface area contributed by atoms with Crippen molar-refractivity contribution in [2.24, 2.45) is 0 Å². The van der Waals surface area contributed by atoms with E-state index in [1.54, 1.807) is 0 Å². The number of hydrogen-bond donors (Lipinski definition) is 4. The average Bonchev–Trinajstić information content (AvgIpc) is 2.37. The Morgan fingerprint density at radius 2 is 2.11 bits per heavy atom. The Bertz CT molecular complexity index is 463. The zero-order chi connectivity index (χ0) is 14.4. The van der Waals surface area contributed by atoms with E-state index in [9.17, 15) is 19.8 Å². The summed E-state index contributed by atoms with van der Waals surface area (Å²) < 4.78 is 0. The van der Waals surface area contributed by atoms with Crippen LogP contribution in [0.1, 0.15) is 35.4 Å². The fraction of sp³-hybridized carbons (Fsp3) is 0.417. The zero-order valence-corrected chi connectivity index (χ0v) is 10.4. The second-order valence-electron chi connectivity index (χ2n) is 4.05. The topological polar surface area (TPSA) is 120 Å². The van der Waals surface area contributed by atoms with Crippen LogP contribution in [0.3, 0.4) is 0 Å². The zero-order valence-electron chi connectivity index (χ0n) is 10.4. The molecule has 2 unspecified atom stereocenters. The molecule has 1 rings (SSSR count). The van der Waals surface area contributed by atoms with Crippen LogP contribution >= 0.6 is 0 Å². The van der Waals surface area contributed by atoms with E-state index in [1.165, 1.54) is 25.4 Å². The van der Waals surface area contributed by atoms with Crippen LogP contribution in [-0.2, 0) is 4.79 Å². The van der Waals surface area contributed by atoms with Crippen molar-refractivity contribution in [3.8, 4) is 0 Å². The maximum Gasteiger partial charge on any atom is 0.336 e. The fourth-order valence-corrected chi connectivity index (χ4v) is 1.60. The minimum Gasteiger partial charge on any atom is -0.478 e. The van der Waals surface area contributed by atoms with Crippen LogP contribution in [0.15, 0.2) is 18.5 Å². The Labute approximate surface area is 109 Å². The third-order valence-corrected chi connectivity index (χ3v) is 2.58. The molecule has 104 valence electrons. The normalized spacial score (nSPS) is 13.6. The van der Waals surface area contributed by atoms with Gasteiger partial charge in [-0.15, -0.1) is 0 Å². The summed E-state index contributed by atoms with van der Waals surface area (Å²) in [5, 5.41) is 31.1. The highest BCUT2D eigenvalue weighted by molar-refractivity contribution is 5.89. The van der Waals surface area contributed by atoms with Gasteiger partial charge in [-0.2, -0.15) is 0 Å². The summed E-state index contributed by atoms with van der Waals surface area (Å²) >= 11 is 0. The number of carboxylic acids is 1. The smallest absolute Gasteiger partial charge is 0.336 e. The van der Waals surface area contributed by atoms with Gasteiger partial charge in [0, 0.05) is 31.4 Å². The van der Waals surface area contributed by atoms with Crippen molar-refractivity contribution >= 4 is 11.9 Å². The number of aliphatic hydroxyl groups is 2. The van der Waals surface area contributed by atoms with E-state index < -0.39 is 18.2 Å². The number of pyridine rings is 1. The molecule has 0 fully saturated rings. The van der Waals surface area contributed by atoms with Gasteiger partial charge in [-0.3, -0.25) is 9.78 Å². The molecule has 0 spiro atoms. The summed E-state index contributed by atoms with van der Waals surface area (Å²) in [5.74, 6) is -1.44. The second kappa shape index (κ2) is 6.81. The van der Waals surface area contributed by atoms with Gasteiger partial charge in [-0.25, -0.2) is 4.79 Å². The van der Waals surface area contributed by atoms with E-state index in [0.29, 0.717) is 0 Å². The number of carbonyl (C=O) groups is 2. The monoisotopic (exact) mass is 268 g/mol. The number of carboxylic acid groups (broad SMARTS) is 1. The molecule has 0 aliphatic heterocycles. The van der Waals surface area contributed by atoms with Crippen LogP contribution in [-0.4, -0.2) is 44.8 Å². The number of amides is 1. The van der Waals surface area contributed by atoms with Gasteiger partial charge in [0.25, 0.3) is 0 Å². The van der Waals surface area contributed by atoms with Crippen molar-refractivity contribution in [1.82, 2.24) is 10.3 Å². The molecular weight excluding hydrogens is 252 g/mol. The Balaban J connectivity index is 2.73. The van der Waals surface area contributed by atoms with Crippen LogP contribution in [0.2, 0.25) is 0 Å². The highest BCUT2D eigenvalue weighted by Gasteiger charge is 2.23. The van der Waals surface area contributed by atoms with Crippen molar-refractivity contribution in [2.45, 2.75) is 25.6 Å². The highest BCUT2D eigenvalue weighted by Crippen LogP contribution is 2.21. The molecule has 7 nitrogen and oxygen atoms in total. The maximum absolute atomic E-state index is 11.0. The standard InChI is InChI=1S/C12H16N2O5/c1-7(15)14-5-3-10(16)11(17)9-6-13-4-2-8(9)12(18)19/h2,4,6,10-11,16-17H,3,5H2,1H3,(H,14,15)(H,18,19). The molecule has 7 heteroatoms. The first-order valence-corrected chi connectivity index (χ1v) is 5.71. The summed E-state index contributed by atoms with van der Waals surface area (Å²) in [5.41, 5.74) is -0.0635. The number of aromatic carboxylic acids is 1. The summed E-state index contributed by atoms with van der Waals surface area (Å²) in [6, 6.07) is 1.25. The third kappa shape index (κ3) is 4.31. The lowest BCUT2D eigenvalue weighted by Crippen LogP contribution is -2.28. The molecule has 2 atom stereocenters. The lowest BCUT2D eigenvalue weighted by molar-refractivity contribution is -0.119. The second-order valence-corrected chi connectivity index (χ2v) is 4.05. The molecule has 0 aliphatic carbocycles. The van der Waals surface area contributed by atoms with Gasteiger partial charge in [0.15, 0.2) is 0 Å². The quantitative estimate of drug-likeness (QED) is 0.562. The fourth-order valence-electron chi connectivity index (χ4n) is 1.60. The first-order chi connectivity index (χ1) is 8.93. The van der Waals surface area contributed by atoms with Gasteiger partial charge in [-0.05, 0) is 12.5 Å². The average molecular weight is 268 g/mol. The number of nitrogens with one attached hydrogen (secondary N) is 1. The predicted octanol–water partition coefficient (Wildman–Crippen LogP) is -0.300. The van der Waals surface area contributed by atoms with Crippen LogP contribution in [0.4, 0.5) is 0 Å². The third-order valence-electron chi connectivity index (χ3n) is 2.58. The molecule has 1 amide bonds. The molecule has 1 aromatic heterocycles. The van der Waals surface area contributed by atoms with Gasteiger partial charge >= 0.3 is 5.97 Å². The Morgan fingerprint density at radius 1 is 1.42 bits per heavy atom. The molecule has 0 aromatic carbocycles. The van der Waals surface area contributed by atoms with Crippen molar-refractivity contribution in [3.63, 3.8) is 0 Å².